The van der Waals surface area contributed by atoms with Crippen molar-refractivity contribution in [3.05, 3.63) is 47.0 Å². The van der Waals surface area contributed by atoms with E-state index < -0.39 is 11.9 Å². The van der Waals surface area contributed by atoms with E-state index in [0.717, 1.165) is 18.5 Å². The van der Waals surface area contributed by atoms with Crippen LogP contribution in [0.1, 0.15) is 24.7 Å². The van der Waals surface area contributed by atoms with Crippen LogP contribution in [0.3, 0.4) is 0 Å². The molecule has 1 N–H and O–H groups in total. The second-order valence-corrected chi connectivity index (χ2v) is 5.34. The third-order valence-corrected chi connectivity index (χ3v) is 3.70. The summed E-state index contributed by atoms with van der Waals surface area (Å²) in [5, 5.41) is 14.2. The molecule has 1 heterocycles. The maximum atomic E-state index is 11.5. The minimum Gasteiger partial charge on any atom is -0.481 e. The van der Waals surface area contributed by atoms with Gasteiger partial charge in [0.1, 0.15) is 12.2 Å². The van der Waals surface area contributed by atoms with Gasteiger partial charge < -0.3 is 5.11 Å². The van der Waals surface area contributed by atoms with E-state index >= 15 is 0 Å². The molecule has 0 saturated heterocycles. The zero-order valence-electron chi connectivity index (χ0n) is 11.9. The first kappa shape index (κ1) is 15.5. The number of nitrogens with zero attached hydrogens (tertiary/aromatic N) is 3. The molecule has 2 rings (SSSR count). The molecular formula is C15H18ClN3O2. The summed E-state index contributed by atoms with van der Waals surface area (Å²) in [6.07, 6.45) is 3.13. The van der Waals surface area contributed by atoms with Gasteiger partial charge in [-0.3, -0.25) is 9.48 Å². The monoisotopic (exact) mass is 307 g/mol. The number of carboxylic acid groups (broad SMARTS) is 1. The summed E-state index contributed by atoms with van der Waals surface area (Å²) in [5.41, 5.74) is 0.841. The Bertz CT molecular complexity index is 612. The molecule has 1 aromatic carbocycles. The molecular weight excluding hydrogens is 290 g/mol. The van der Waals surface area contributed by atoms with Crippen LogP contribution in [0.5, 0.6) is 0 Å². The fourth-order valence-electron chi connectivity index (χ4n) is 2.24. The van der Waals surface area contributed by atoms with Crippen molar-refractivity contribution in [2.75, 3.05) is 0 Å². The minimum absolute atomic E-state index is 0.348. The van der Waals surface area contributed by atoms with Gasteiger partial charge >= 0.3 is 5.97 Å². The Morgan fingerprint density at radius 1 is 1.38 bits per heavy atom. The molecule has 0 bridgehead atoms. The van der Waals surface area contributed by atoms with Crippen LogP contribution in [-0.2, 0) is 24.2 Å². The number of aliphatic carboxylic acids is 1. The predicted molar refractivity (Wildman–Crippen MR) is 80.3 cm³/mol. The Labute approximate surface area is 128 Å². The summed E-state index contributed by atoms with van der Waals surface area (Å²) in [4.78, 5) is 15.7. The van der Waals surface area contributed by atoms with Crippen molar-refractivity contribution in [3.63, 3.8) is 0 Å². The average Bonchev–Trinajstić information content (AvgIpc) is 2.88. The molecule has 0 spiro atoms. The fraction of sp³-hybridized carbons (Fsp3) is 0.400. The van der Waals surface area contributed by atoms with Gasteiger partial charge in [0.05, 0.1) is 5.92 Å². The Morgan fingerprint density at radius 2 is 2.14 bits per heavy atom. The first-order valence-electron chi connectivity index (χ1n) is 6.94. The highest BCUT2D eigenvalue weighted by Gasteiger charge is 2.22. The highest BCUT2D eigenvalue weighted by atomic mass is 35.5. The number of carboxylic acids is 1. The molecule has 1 atom stereocenters. The Balaban J connectivity index is 2.14. The van der Waals surface area contributed by atoms with E-state index in [2.05, 4.69) is 10.1 Å². The molecule has 1 unspecified atom stereocenters. The number of carbonyl (C=O) groups is 1. The number of hydrogen-bond donors (Lipinski definition) is 1. The summed E-state index contributed by atoms with van der Waals surface area (Å²) in [5.74, 6) is -0.707. The van der Waals surface area contributed by atoms with Crippen molar-refractivity contribution in [2.45, 2.75) is 32.7 Å². The lowest BCUT2D eigenvalue weighted by molar-refractivity contribution is -0.141. The molecule has 6 heteroatoms. The van der Waals surface area contributed by atoms with Crippen LogP contribution in [0.15, 0.2) is 30.6 Å². The first-order valence-corrected chi connectivity index (χ1v) is 7.32. The summed E-state index contributed by atoms with van der Waals surface area (Å²) in [6, 6.07) is 7.32. The largest absolute Gasteiger partial charge is 0.481 e. The van der Waals surface area contributed by atoms with Gasteiger partial charge in [-0.25, -0.2) is 4.98 Å². The van der Waals surface area contributed by atoms with Crippen molar-refractivity contribution >= 4 is 17.6 Å². The molecule has 5 nitrogen and oxygen atoms in total. The van der Waals surface area contributed by atoms with Crippen LogP contribution in [0, 0.1) is 5.92 Å². The number of aryl methyl sites for hydroxylation is 1. The van der Waals surface area contributed by atoms with Crippen molar-refractivity contribution < 1.29 is 9.90 Å². The Kier molecular flexibility index (Phi) is 5.33. The molecule has 21 heavy (non-hydrogen) atoms. The Hall–Kier alpha value is -1.88. The molecule has 2 aromatic rings. The first-order chi connectivity index (χ1) is 10.1. The van der Waals surface area contributed by atoms with Crippen LogP contribution in [-0.4, -0.2) is 25.8 Å². The lowest BCUT2D eigenvalue weighted by atomic mass is 9.96. The van der Waals surface area contributed by atoms with E-state index in [9.17, 15) is 9.90 Å². The van der Waals surface area contributed by atoms with Crippen LogP contribution in [0.4, 0.5) is 0 Å². The highest BCUT2D eigenvalue weighted by molar-refractivity contribution is 6.31. The topological polar surface area (TPSA) is 68.0 Å². The molecule has 0 radical (unpaired) electrons. The van der Waals surface area contributed by atoms with E-state index in [1.807, 2.05) is 25.1 Å². The van der Waals surface area contributed by atoms with Crippen molar-refractivity contribution in [3.8, 4) is 0 Å². The van der Waals surface area contributed by atoms with Gasteiger partial charge in [0.2, 0.25) is 0 Å². The quantitative estimate of drug-likeness (QED) is 0.854. The maximum Gasteiger partial charge on any atom is 0.307 e. The van der Waals surface area contributed by atoms with E-state index in [1.54, 1.807) is 10.7 Å². The lowest BCUT2D eigenvalue weighted by Crippen LogP contribution is -2.21. The van der Waals surface area contributed by atoms with Crippen LogP contribution >= 0.6 is 11.6 Å². The predicted octanol–water partition coefficient (Wildman–Crippen LogP) is 2.83. The molecule has 0 amide bonds. The maximum absolute atomic E-state index is 11.5. The normalized spacial score (nSPS) is 12.3. The number of benzene rings is 1. The second-order valence-electron chi connectivity index (χ2n) is 4.93. The zero-order chi connectivity index (χ0) is 15.2. The summed E-state index contributed by atoms with van der Waals surface area (Å²) < 4.78 is 1.77. The number of halogens is 1. The molecule has 1 aromatic heterocycles. The second kappa shape index (κ2) is 7.22. The summed E-state index contributed by atoms with van der Waals surface area (Å²) >= 11 is 6.11. The number of hydrogen-bond acceptors (Lipinski definition) is 3. The van der Waals surface area contributed by atoms with Crippen LogP contribution < -0.4 is 0 Å². The van der Waals surface area contributed by atoms with Crippen LogP contribution in [0.25, 0.3) is 0 Å². The summed E-state index contributed by atoms with van der Waals surface area (Å²) in [7, 11) is 0. The average molecular weight is 308 g/mol. The Morgan fingerprint density at radius 3 is 2.81 bits per heavy atom. The highest BCUT2D eigenvalue weighted by Crippen LogP contribution is 2.21. The number of aromatic nitrogens is 3. The zero-order valence-corrected chi connectivity index (χ0v) is 12.6. The molecule has 0 aliphatic carbocycles. The third kappa shape index (κ3) is 4.04. The van der Waals surface area contributed by atoms with E-state index in [1.165, 1.54) is 6.33 Å². The lowest BCUT2D eigenvalue weighted by Gasteiger charge is -2.13. The molecule has 0 aliphatic heterocycles. The third-order valence-electron chi connectivity index (χ3n) is 3.33. The number of rotatable bonds is 7. The fourth-order valence-corrected chi connectivity index (χ4v) is 2.45. The van der Waals surface area contributed by atoms with E-state index in [0.29, 0.717) is 23.7 Å². The molecule has 112 valence electrons. The SMILES string of the molecule is CCCn1ncnc1CC(Cc1ccccc1Cl)C(=O)O. The van der Waals surface area contributed by atoms with Crippen LogP contribution in [0.2, 0.25) is 5.02 Å². The molecule has 0 aliphatic rings. The molecule has 0 saturated carbocycles. The van der Waals surface area contributed by atoms with Gasteiger partial charge in [-0.1, -0.05) is 36.7 Å². The minimum atomic E-state index is -0.846. The van der Waals surface area contributed by atoms with Gasteiger partial charge in [0, 0.05) is 18.0 Å². The van der Waals surface area contributed by atoms with Gasteiger partial charge in [-0.15, -0.1) is 0 Å². The van der Waals surface area contributed by atoms with Crippen molar-refractivity contribution in [1.29, 1.82) is 0 Å². The van der Waals surface area contributed by atoms with Gasteiger partial charge in [-0.2, -0.15) is 5.10 Å². The van der Waals surface area contributed by atoms with E-state index in [-0.39, 0.29) is 0 Å². The smallest absolute Gasteiger partial charge is 0.307 e. The van der Waals surface area contributed by atoms with Gasteiger partial charge in [-0.05, 0) is 24.5 Å². The van der Waals surface area contributed by atoms with Gasteiger partial charge in [0.25, 0.3) is 0 Å². The van der Waals surface area contributed by atoms with Gasteiger partial charge in [0.15, 0.2) is 0 Å². The summed E-state index contributed by atoms with van der Waals surface area (Å²) in [6.45, 7) is 2.79. The van der Waals surface area contributed by atoms with Crippen molar-refractivity contribution in [2.24, 2.45) is 5.92 Å². The van der Waals surface area contributed by atoms with Crippen molar-refractivity contribution in [1.82, 2.24) is 14.8 Å². The van der Waals surface area contributed by atoms with E-state index in [4.69, 9.17) is 11.6 Å². The molecule has 0 fully saturated rings. The standard InChI is InChI=1S/C15H18ClN3O2/c1-2-7-19-14(17-10-18-19)9-12(15(20)21)8-11-5-3-4-6-13(11)16/h3-6,10,12H,2,7-9H2,1H3,(H,20,21).